The lowest BCUT2D eigenvalue weighted by Gasteiger charge is -2.40. The highest BCUT2D eigenvalue weighted by Crippen LogP contribution is 2.24. The number of unbranched alkanes of at least 4 members (excludes halogenated alkanes) is 37. The summed E-state index contributed by atoms with van der Waals surface area (Å²) in [5, 5.41) is 76.4. The van der Waals surface area contributed by atoms with Gasteiger partial charge in [0, 0.05) is 0 Å². The lowest BCUT2D eigenvalue weighted by molar-refractivity contribution is -0.303. The third-order valence-electron chi connectivity index (χ3n) is 16.2. The van der Waals surface area contributed by atoms with E-state index in [4.69, 9.17) is 9.47 Å². The van der Waals surface area contributed by atoms with Crippen LogP contribution in [0.3, 0.4) is 0 Å². The van der Waals surface area contributed by atoms with Crippen molar-refractivity contribution in [1.29, 1.82) is 0 Å². The molecule has 0 aromatic rings. The van der Waals surface area contributed by atoms with E-state index in [1.165, 1.54) is 212 Å². The monoisotopic (exact) mass is 1140 g/mol. The number of ether oxygens (including phenoxy) is 2. The van der Waals surface area contributed by atoms with Gasteiger partial charge in [0.05, 0.1) is 25.4 Å². The van der Waals surface area contributed by atoms with E-state index < -0.39 is 74.2 Å². The van der Waals surface area contributed by atoms with Gasteiger partial charge in [-0.2, -0.15) is 0 Å². The molecule has 1 amide bonds. The maximum Gasteiger partial charge on any atom is 0.249 e. The second kappa shape index (κ2) is 58.2. The second-order valence-corrected chi connectivity index (χ2v) is 23.9. The van der Waals surface area contributed by atoms with Crippen LogP contribution in [0.25, 0.3) is 0 Å². The molecule has 0 aliphatic carbocycles. The molecule has 0 saturated carbocycles. The number of aliphatic hydroxyl groups is 7. The molecule has 0 bridgehead atoms. The van der Waals surface area contributed by atoms with E-state index in [2.05, 4.69) is 79.9 Å². The van der Waals surface area contributed by atoms with Crippen LogP contribution in [-0.2, 0) is 14.3 Å². The molecular formula is C70H129NO10. The van der Waals surface area contributed by atoms with Crippen molar-refractivity contribution in [2.75, 3.05) is 13.2 Å². The molecule has 0 aromatic heterocycles. The number of amides is 1. The van der Waals surface area contributed by atoms with Crippen LogP contribution in [0.15, 0.2) is 60.8 Å². The zero-order valence-corrected chi connectivity index (χ0v) is 52.3. The van der Waals surface area contributed by atoms with Gasteiger partial charge in [-0.05, 0) is 96.3 Å². The average molecular weight is 1140 g/mol. The molecule has 8 N–H and O–H groups in total. The van der Waals surface area contributed by atoms with Gasteiger partial charge in [-0.15, -0.1) is 0 Å². The summed E-state index contributed by atoms with van der Waals surface area (Å²) in [5.74, 6) is -0.710. The predicted octanol–water partition coefficient (Wildman–Crippen LogP) is 16.1. The van der Waals surface area contributed by atoms with E-state index in [-0.39, 0.29) is 12.8 Å². The van der Waals surface area contributed by atoms with E-state index >= 15 is 0 Å². The van der Waals surface area contributed by atoms with Crippen molar-refractivity contribution in [2.45, 2.75) is 364 Å². The first-order valence-electron chi connectivity index (χ1n) is 34.2. The SMILES string of the molecule is CCCCCCCCCCC/C=C\C/C=C\CCCCCCCCCCCCCCCCCCC(O)C(=O)NC(COC1OC(CO)C(O)C(O)C1O)C(O)C(O)CCC/C=C/CC/C=C/CC/C=C/CCCCCCCCCCC. The minimum atomic E-state index is -1.68. The maximum absolute atomic E-state index is 13.2. The molecule has 0 spiro atoms. The number of aliphatic hydroxyl groups excluding tert-OH is 7. The van der Waals surface area contributed by atoms with Crippen molar-refractivity contribution in [3.63, 3.8) is 0 Å². The van der Waals surface area contributed by atoms with Crippen molar-refractivity contribution in [2.24, 2.45) is 0 Å². The van der Waals surface area contributed by atoms with Crippen molar-refractivity contribution in [1.82, 2.24) is 5.32 Å². The Bertz CT molecular complexity index is 1500. The lowest BCUT2D eigenvalue weighted by Crippen LogP contribution is -2.60. The summed E-state index contributed by atoms with van der Waals surface area (Å²) in [5.41, 5.74) is 0. The first kappa shape index (κ1) is 76.8. The first-order valence-corrected chi connectivity index (χ1v) is 34.2. The number of nitrogens with one attached hydrogen (secondary N) is 1. The van der Waals surface area contributed by atoms with Crippen LogP contribution in [0.2, 0.25) is 0 Å². The highest BCUT2D eigenvalue weighted by molar-refractivity contribution is 5.80. The van der Waals surface area contributed by atoms with Gasteiger partial charge in [0.15, 0.2) is 6.29 Å². The number of allylic oxidation sites excluding steroid dienone is 10. The van der Waals surface area contributed by atoms with Crippen molar-refractivity contribution in [3.05, 3.63) is 60.8 Å². The van der Waals surface area contributed by atoms with Gasteiger partial charge in [-0.1, -0.05) is 274 Å². The zero-order chi connectivity index (χ0) is 58.9. The Hall–Kier alpha value is -2.19. The highest BCUT2D eigenvalue weighted by atomic mass is 16.7. The van der Waals surface area contributed by atoms with Crippen LogP contribution >= 0.6 is 0 Å². The highest BCUT2D eigenvalue weighted by Gasteiger charge is 2.44. The Morgan fingerprint density at radius 1 is 0.432 bits per heavy atom. The number of rotatable bonds is 59. The van der Waals surface area contributed by atoms with Crippen LogP contribution in [0.4, 0.5) is 0 Å². The Labute approximate surface area is 497 Å². The van der Waals surface area contributed by atoms with Gasteiger partial charge < -0.3 is 50.5 Å². The van der Waals surface area contributed by atoms with Crippen molar-refractivity contribution < 1.29 is 50.0 Å². The number of carbonyl (C=O) groups is 1. The molecule has 11 heteroatoms. The number of carbonyl (C=O) groups excluding carboxylic acids is 1. The topological polar surface area (TPSA) is 189 Å². The molecule has 1 rings (SSSR count). The summed E-state index contributed by atoms with van der Waals surface area (Å²) in [4.78, 5) is 13.2. The number of hydrogen-bond donors (Lipinski definition) is 8. The zero-order valence-electron chi connectivity index (χ0n) is 52.3. The summed E-state index contributed by atoms with van der Waals surface area (Å²) in [6.07, 6.45) is 65.8. The predicted molar refractivity (Wildman–Crippen MR) is 339 cm³/mol. The fourth-order valence-corrected chi connectivity index (χ4v) is 10.7. The summed E-state index contributed by atoms with van der Waals surface area (Å²) in [7, 11) is 0. The molecule has 0 aromatic carbocycles. The van der Waals surface area contributed by atoms with Gasteiger partial charge >= 0.3 is 0 Å². The van der Waals surface area contributed by atoms with Gasteiger partial charge in [-0.3, -0.25) is 4.79 Å². The van der Waals surface area contributed by atoms with Crippen LogP contribution in [0.5, 0.6) is 0 Å². The van der Waals surface area contributed by atoms with Gasteiger partial charge in [0.2, 0.25) is 5.91 Å². The molecular weight excluding hydrogens is 1010 g/mol. The summed E-state index contributed by atoms with van der Waals surface area (Å²) in [6, 6.07) is -1.20. The molecule has 9 atom stereocenters. The molecule has 1 aliphatic heterocycles. The fraction of sp³-hybridized carbons (Fsp3) is 0.843. The Balaban J connectivity index is 2.23. The third kappa shape index (κ3) is 45.8. The van der Waals surface area contributed by atoms with E-state index in [0.717, 1.165) is 51.4 Å². The molecule has 9 unspecified atom stereocenters. The Morgan fingerprint density at radius 2 is 0.778 bits per heavy atom. The van der Waals surface area contributed by atoms with E-state index in [0.29, 0.717) is 19.3 Å². The standard InChI is InChI=1S/C70H129NO10/c1-3-5-7-9-11-13-15-17-19-21-23-25-27-28-29-30-31-32-33-34-35-36-38-40-42-44-46-48-50-52-54-56-58-63(74)69(79)71-61(60-80-70-68(78)67(77)66(76)64(59-72)81-70)65(75)62(73)57-55-53-51-49-47-45-43-41-39-37-26-24-22-20-18-16-14-12-10-8-6-4-2/h23-26,28-29,41,43,49,51,61-68,70,72-78H,3-22,27,30-40,42,44-48,50,52-60H2,1-2H3,(H,71,79)/b25-23-,26-24+,29-28-,43-41+,51-49+. The smallest absolute Gasteiger partial charge is 0.249 e. The number of hydrogen-bond acceptors (Lipinski definition) is 10. The van der Waals surface area contributed by atoms with Crippen LogP contribution < -0.4 is 5.32 Å². The Morgan fingerprint density at radius 3 is 1.17 bits per heavy atom. The molecule has 1 saturated heterocycles. The molecule has 1 fully saturated rings. The quantitative estimate of drug-likeness (QED) is 0.0215. The van der Waals surface area contributed by atoms with E-state index in [1.54, 1.807) is 0 Å². The van der Waals surface area contributed by atoms with E-state index in [1.807, 2.05) is 0 Å². The maximum atomic E-state index is 13.2. The first-order chi connectivity index (χ1) is 39.7. The Kier molecular flexibility index (Phi) is 55.2. The van der Waals surface area contributed by atoms with Gasteiger partial charge in [0.1, 0.15) is 36.6 Å². The molecule has 1 heterocycles. The molecule has 1 aliphatic rings. The fourth-order valence-electron chi connectivity index (χ4n) is 10.7. The second-order valence-electron chi connectivity index (χ2n) is 23.9. The lowest BCUT2D eigenvalue weighted by atomic mass is 9.98. The molecule has 11 nitrogen and oxygen atoms in total. The summed E-state index contributed by atoms with van der Waals surface area (Å²) < 4.78 is 11.2. The largest absolute Gasteiger partial charge is 0.394 e. The van der Waals surface area contributed by atoms with Crippen LogP contribution in [0, 0.1) is 0 Å². The molecule has 474 valence electrons. The average Bonchev–Trinajstić information content (AvgIpc) is 3.51. The van der Waals surface area contributed by atoms with Crippen molar-refractivity contribution >= 4 is 5.91 Å². The van der Waals surface area contributed by atoms with Crippen molar-refractivity contribution in [3.8, 4) is 0 Å². The minimum absolute atomic E-state index is 0.240. The van der Waals surface area contributed by atoms with Gasteiger partial charge in [-0.25, -0.2) is 0 Å². The summed E-state index contributed by atoms with van der Waals surface area (Å²) >= 11 is 0. The normalized spacial score (nSPS) is 19.5. The molecule has 81 heavy (non-hydrogen) atoms. The van der Waals surface area contributed by atoms with Gasteiger partial charge in [0.25, 0.3) is 0 Å². The van der Waals surface area contributed by atoms with E-state index in [9.17, 15) is 40.5 Å². The van der Waals surface area contributed by atoms with Crippen LogP contribution in [0.1, 0.15) is 309 Å². The molecule has 0 radical (unpaired) electrons. The summed E-state index contributed by atoms with van der Waals surface area (Å²) in [6.45, 7) is 3.46. The third-order valence-corrected chi connectivity index (χ3v) is 16.2. The minimum Gasteiger partial charge on any atom is -0.394 e. The van der Waals surface area contributed by atoms with Crippen LogP contribution in [-0.4, -0.2) is 110 Å².